The van der Waals surface area contributed by atoms with E-state index in [-0.39, 0.29) is 29.0 Å². The Bertz CT molecular complexity index is 1390. The molecule has 1 saturated heterocycles. The number of carbonyl (C=O) groups is 1. The predicted octanol–water partition coefficient (Wildman–Crippen LogP) is 6.15. The van der Waals surface area contributed by atoms with E-state index in [1.54, 1.807) is 43.3 Å². The van der Waals surface area contributed by atoms with Crippen LogP contribution < -0.4 is 10.2 Å². The smallest absolute Gasteiger partial charge is 0.365 e. The molecule has 10 heteroatoms. The monoisotopic (exact) mass is 562 g/mol. The number of halogens is 4. The fraction of sp³-hybridized carbons (Fsp3) is 0.345. The molecule has 1 aliphatic heterocycles. The molecule has 1 amide bonds. The lowest BCUT2D eigenvalue weighted by molar-refractivity contribution is -0.137. The van der Waals surface area contributed by atoms with E-state index >= 15 is 0 Å². The lowest BCUT2D eigenvalue weighted by atomic mass is 9.94. The third kappa shape index (κ3) is 6.61. The van der Waals surface area contributed by atoms with Crippen molar-refractivity contribution in [1.29, 1.82) is 0 Å². The maximum absolute atomic E-state index is 14.5. The average molecular weight is 563 g/mol. The van der Waals surface area contributed by atoms with Crippen molar-refractivity contribution in [3.8, 4) is 0 Å². The van der Waals surface area contributed by atoms with Crippen LogP contribution in [0.4, 0.5) is 23.2 Å². The van der Waals surface area contributed by atoms with Crippen LogP contribution >= 0.6 is 0 Å². The number of hydrogen-bond donors (Lipinski definition) is 1. The molecule has 3 atom stereocenters. The maximum Gasteiger partial charge on any atom is 0.416 e. The fourth-order valence-corrected chi connectivity index (χ4v) is 5.74. The van der Waals surface area contributed by atoms with E-state index in [0.717, 1.165) is 28.9 Å². The molecule has 0 bridgehead atoms. The highest BCUT2D eigenvalue weighted by Gasteiger charge is 2.37. The number of benzene rings is 3. The Hall–Kier alpha value is -3.40. The molecule has 1 N–H and O–H groups in total. The summed E-state index contributed by atoms with van der Waals surface area (Å²) in [6.45, 7) is 3.71. The third-order valence-corrected chi connectivity index (χ3v) is 8.91. The minimum absolute atomic E-state index is 0.0111. The number of hydrogen-bond acceptors (Lipinski definition) is 4. The van der Waals surface area contributed by atoms with E-state index in [2.05, 4.69) is 5.32 Å². The molecule has 1 fully saturated rings. The first-order valence-electron chi connectivity index (χ1n) is 12.7. The van der Waals surface area contributed by atoms with Crippen LogP contribution in [0.3, 0.4) is 0 Å². The zero-order valence-corrected chi connectivity index (χ0v) is 22.4. The van der Waals surface area contributed by atoms with Gasteiger partial charge in [-0.25, -0.2) is 12.8 Å². The molecule has 0 saturated carbocycles. The second-order valence-corrected chi connectivity index (χ2v) is 12.0. The van der Waals surface area contributed by atoms with Gasteiger partial charge in [0, 0.05) is 30.3 Å². The SMILES string of the molecule is CCS(=O)(=O)c1ccc(CNC(=O)c2ccc(N3CC(c4ccc(C(F)(F)F)cc4)C[C@H]3C(C)F)cc2)cc1. The van der Waals surface area contributed by atoms with Gasteiger partial charge in [-0.15, -0.1) is 0 Å². The van der Waals surface area contributed by atoms with E-state index in [9.17, 15) is 30.8 Å². The molecule has 3 aromatic carbocycles. The van der Waals surface area contributed by atoms with E-state index in [0.29, 0.717) is 18.5 Å². The lowest BCUT2D eigenvalue weighted by Gasteiger charge is -2.28. The molecular formula is C29H30F4N2O3S. The van der Waals surface area contributed by atoms with Crippen molar-refractivity contribution in [2.24, 2.45) is 0 Å². The highest BCUT2D eigenvalue weighted by atomic mass is 32.2. The Morgan fingerprint density at radius 3 is 2.15 bits per heavy atom. The van der Waals surface area contributed by atoms with Gasteiger partial charge < -0.3 is 10.2 Å². The number of rotatable bonds is 8. The minimum Gasteiger partial charge on any atom is -0.365 e. The van der Waals surface area contributed by atoms with E-state index in [1.165, 1.54) is 31.2 Å². The molecule has 0 aliphatic carbocycles. The zero-order chi connectivity index (χ0) is 28.4. The number of anilines is 1. The first kappa shape index (κ1) is 28.6. The lowest BCUT2D eigenvalue weighted by Crippen LogP contribution is -2.35. The Balaban J connectivity index is 1.41. The van der Waals surface area contributed by atoms with Crippen LogP contribution in [0, 0.1) is 0 Å². The van der Waals surface area contributed by atoms with Gasteiger partial charge in [0.1, 0.15) is 6.17 Å². The number of nitrogens with one attached hydrogen (secondary N) is 1. The Labute approximate surface area is 225 Å². The highest BCUT2D eigenvalue weighted by Crippen LogP contribution is 2.38. The standard InChI is InChI=1S/C29H30F4N2O3S/c1-3-39(37,38)26-14-4-20(5-15-26)17-34-28(36)22-8-12-25(13-9-22)35-18-23(16-27(35)19(2)30)21-6-10-24(11-7-21)29(31,32)33/h4-15,19,23,27H,3,16-18H2,1-2H3,(H,34,36)/t19?,23?,27-/m0/s1. The molecule has 1 aliphatic rings. The van der Waals surface area contributed by atoms with Gasteiger partial charge in [0.05, 0.1) is 22.3 Å². The summed E-state index contributed by atoms with van der Waals surface area (Å²) in [5, 5.41) is 2.81. The van der Waals surface area contributed by atoms with Crippen molar-refractivity contribution in [2.45, 2.75) is 56.0 Å². The molecule has 5 nitrogen and oxygen atoms in total. The normalized spacial score (nSPS) is 18.7. The second-order valence-electron chi connectivity index (χ2n) is 9.73. The number of alkyl halides is 4. The van der Waals surface area contributed by atoms with E-state index in [1.807, 2.05) is 4.90 Å². The summed E-state index contributed by atoms with van der Waals surface area (Å²) in [6, 6.07) is 17.7. The molecule has 0 aromatic heterocycles. The van der Waals surface area contributed by atoms with E-state index in [4.69, 9.17) is 0 Å². The van der Waals surface area contributed by atoms with Crippen molar-refractivity contribution >= 4 is 21.4 Å². The molecule has 208 valence electrons. The predicted molar refractivity (Wildman–Crippen MR) is 142 cm³/mol. The van der Waals surface area contributed by atoms with Crippen LogP contribution in [0.15, 0.2) is 77.7 Å². The van der Waals surface area contributed by atoms with Crippen LogP contribution in [0.1, 0.15) is 53.2 Å². The van der Waals surface area contributed by atoms with Crippen LogP contribution in [-0.2, 0) is 22.6 Å². The molecule has 4 rings (SSSR count). The Morgan fingerprint density at radius 1 is 1.00 bits per heavy atom. The van der Waals surface area contributed by atoms with E-state index < -0.39 is 33.8 Å². The van der Waals surface area contributed by atoms with Gasteiger partial charge >= 0.3 is 6.18 Å². The van der Waals surface area contributed by atoms with Crippen LogP contribution in [0.25, 0.3) is 0 Å². The number of nitrogens with zero attached hydrogens (tertiary/aromatic N) is 1. The second kappa shape index (κ2) is 11.4. The van der Waals surface area contributed by atoms with Gasteiger partial charge in [-0.3, -0.25) is 4.79 Å². The topological polar surface area (TPSA) is 66.5 Å². The molecule has 39 heavy (non-hydrogen) atoms. The molecule has 0 radical (unpaired) electrons. The first-order valence-corrected chi connectivity index (χ1v) is 14.3. The molecule has 0 spiro atoms. The minimum atomic E-state index is -4.41. The summed E-state index contributed by atoms with van der Waals surface area (Å²) in [4.78, 5) is 14.8. The highest BCUT2D eigenvalue weighted by molar-refractivity contribution is 7.91. The van der Waals surface area contributed by atoms with Gasteiger partial charge in [-0.2, -0.15) is 13.2 Å². The van der Waals surface area contributed by atoms with Gasteiger partial charge in [-0.1, -0.05) is 31.2 Å². The molecule has 2 unspecified atom stereocenters. The van der Waals surface area contributed by atoms with Crippen LogP contribution in [0.2, 0.25) is 0 Å². The summed E-state index contributed by atoms with van der Waals surface area (Å²) in [5.41, 5.74) is 1.90. The summed E-state index contributed by atoms with van der Waals surface area (Å²) >= 11 is 0. The van der Waals surface area contributed by atoms with Crippen molar-refractivity contribution in [1.82, 2.24) is 5.32 Å². The number of carbonyl (C=O) groups excluding carboxylic acids is 1. The molecular weight excluding hydrogens is 532 g/mol. The van der Waals surface area contributed by atoms with Crippen molar-refractivity contribution in [3.05, 3.63) is 95.1 Å². The van der Waals surface area contributed by atoms with Gasteiger partial charge in [-0.05, 0) is 73.0 Å². The number of amides is 1. The maximum atomic E-state index is 14.5. The van der Waals surface area contributed by atoms with Gasteiger partial charge in [0.15, 0.2) is 9.84 Å². The summed E-state index contributed by atoms with van der Waals surface area (Å²) in [7, 11) is -3.29. The van der Waals surface area contributed by atoms with Crippen molar-refractivity contribution in [3.63, 3.8) is 0 Å². The van der Waals surface area contributed by atoms with Crippen molar-refractivity contribution in [2.75, 3.05) is 17.2 Å². The zero-order valence-electron chi connectivity index (χ0n) is 21.6. The number of sulfone groups is 1. The van der Waals surface area contributed by atoms with Gasteiger partial charge in [0.2, 0.25) is 0 Å². The largest absolute Gasteiger partial charge is 0.416 e. The molecule has 1 heterocycles. The fourth-order valence-electron chi connectivity index (χ4n) is 4.85. The Morgan fingerprint density at radius 2 is 1.62 bits per heavy atom. The Kier molecular flexibility index (Phi) is 8.34. The van der Waals surface area contributed by atoms with Crippen molar-refractivity contribution < 1.29 is 30.8 Å². The summed E-state index contributed by atoms with van der Waals surface area (Å²) in [6.07, 6.45) is -5.11. The first-order chi connectivity index (χ1) is 18.4. The van der Waals surface area contributed by atoms with Crippen LogP contribution in [-0.4, -0.2) is 38.8 Å². The summed E-state index contributed by atoms with van der Waals surface area (Å²) < 4.78 is 77.2. The van der Waals surface area contributed by atoms with Gasteiger partial charge in [0.25, 0.3) is 5.91 Å². The van der Waals surface area contributed by atoms with Crippen LogP contribution in [0.5, 0.6) is 0 Å². The quantitative estimate of drug-likeness (QED) is 0.335. The average Bonchev–Trinajstić information content (AvgIpc) is 3.38. The molecule has 3 aromatic rings. The summed E-state index contributed by atoms with van der Waals surface area (Å²) in [5.74, 6) is -0.430. The third-order valence-electron chi connectivity index (χ3n) is 7.16.